The van der Waals surface area contributed by atoms with Crippen LogP contribution in [0.25, 0.3) is 11.0 Å². The highest BCUT2D eigenvalue weighted by molar-refractivity contribution is 5.94. The van der Waals surface area contributed by atoms with Crippen molar-refractivity contribution in [2.24, 2.45) is 0 Å². The van der Waals surface area contributed by atoms with Crippen LogP contribution in [-0.2, 0) is 0 Å². The molecule has 3 rings (SSSR count). The number of amides is 1. The number of rotatable bonds is 6. The van der Waals surface area contributed by atoms with Crippen molar-refractivity contribution in [3.05, 3.63) is 59.9 Å². The van der Waals surface area contributed by atoms with Gasteiger partial charge in [-0.25, -0.2) is 4.98 Å². The Morgan fingerprint density at radius 3 is 2.48 bits per heavy atom. The van der Waals surface area contributed by atoms with E-state index in [0.717, 1.165) is 11.1 Å². The summed E-state index contributed by atoms with van der Waals surface area (Å²) in [7, 11) is 1.60. The molecular weight excluding hydrogens is 342 g/mol. The Hall–Kier alpha value is -3.15. The number of nitrogens with zero attached hydrogens (tertiary/aromatic N) is 2. The van der Waals surface area contributed by atoms with E-state index in [1.807, 2.05) is 63.2 Å². The lowest BCUT2D eigenvalue weighted by molar-refractivity contribution is 0.0935. The zero-order valence-corrected chi connectivity index (χ0v) is 15.9. The van der Waals surface area contributed by atoms with Crippen LogP contribution in [0.4, 0.5) is 0 Å². The molecule has 0 spiro atoms. The van der Waals surface area contributed by atoms with Gasteiger partial charge in [-0.3, -0.25) is 9.78 Å². The number of ether oxygens (including phenoxy) is 2. The second kappa shape index (κ2) is 8.03. The summed E-state index contributed by atoms with van der Waals surface area (Å²) in [6, 6.07) is 12.9. The van der Waals surface area contributed by atoms with Crippen molar-refractivity contribution in [2.75, 3.05) is 7.11 Å². The number of carbonyl (C=O) groups excluding carboxylic acids is 1. The summed E-state index contributed by atoms with van der Waals surface area (Å²) in [5.74, 6) is 1.03. The number of benzene rings is 2. The normalized spacial score (nSPS) is 12.0. The fourth-order valence-corrected chi connectivity index (χ4v) is 2.73. The molecule has 1 aromatic heterocycles. The third kappa shape index (κ3) is 4.34. The summed E-state index contributed by atoms with van der Waals surface area (Å²) in [5.41, 5.74) is 2.64. The summed E-state index contributed by atoms with van der Waals surface area (Å²) in [5, 5.41) is 2.95. The minimum Gasteiger partial charge on any atom is -0.493 e. The van der Waals surface area contributed by atoms with Gasteiger partial charge in [0.25, 0.3) is 5.91 Å². The van der Waals surface area contributed by atoms with Gasteiger partial charge >= 0.3 is 0 Å². The highest BCUT2D eigenvalue weighted by atomic mass is 16.5. The summed E-state index contributed by atoms with van der Waals surface area (Å²) < 4.78 is 11.1. The first-order valence-corrected chi connectivity index (χ1v) is 8.85. The van der Waals surface area contributed by atoms with Crippen LogP contribution in [0.15, 0.2) is 48.7 Å². The highest BCUT2D eigenvalue weighted by Crippen LogP contribution is 2.31. The van der Waals surface area contributed by atoms with Crippen LogP contribution in [0.3, 0.4) is 0 Å². The third-order valence-electron chi connectivity index (χ3n) is 4.08. The Balaban J connectivity index is 1.77. The molecule has 1 atom stereocenters. The van der Waals surface area contributed by atoms with Gasteiger partial charge in [-0.2, -0.15) is 0 Å². The molecule has 0 aliphatic carbocycles. The molecule has 6 nitrogen and oxygen atoms in total. The summed E-state index contributed by atoms with van der Waals surface area (Å²) in [6.45, 7) is 5.83. The third-order valence-corrected chi connectivity index (χ3v) is 4.08. The summed E-state index contributed by atoms with van der Waals surface area (Å²) in [4.78, 5) is 21.2. The smallest absolute Gasteiger partial charge is 0.271 e. The number of aromatic nitrogens is 2. The zero-order valence-electron chi connectivity index (χ0n) is 15.9. The van der Waals surface area contributed by atoms with E-state index in [0.29, 0.717) is 17.0 Å². The molecule has 6 heteroatoms. The largest absolute Gasteiger partial charge is 0.493 e. The van der Waals surface area contributed by atoms with E-state index in [1.165, 1.54) is 6.20 Å². The topological polar surface area (TPSA) is 73.3 Å². The SMILES string of the molecule is COc1cc(C(C)NC(=O)c2cnc3ccccc3n2)ccc1OC(C)C. The average Bonchev–Trinajstić information content (AvgIpc) is 2.67. The predicted molar refractivity (Wildman–Crippen MR) is 104 cm³/mol. The summed E-state index contributed by atoms with van der Waals surface area (Å²) in [6.07, 6.45) is 1.54. The van der Waals surface area contributed by atoms with Crippen molar-refractivity contribution in [3.8, 4) is 11.5 Å². The molecule has 0 saturated carbocycles. The second-order valence-electron chi connectivity index (χ2n) is 6.52. The quantitative estimate of drug-likeness (QED) is 0.717. The van der Waals surface area contributed by atoms with Crippen LogP contribution in [0.2, 0.25) is 0 Å². The lowest BCUT2D eigenvalue weighted by Crippen LogP contribution is -2.27. The maximum Gasteiger partial charge on any atom is 0.271 e. The summed E-state index contributed by atoms with van der Waals surface area (Å²) >= 11 is 0. The van der Waals surface area contributed by atoms with Crippen LogP contribution >= 0.6 is 0 Å². The molecule has 140 valence electrons. The van der Waals surface area contributed by atoms with E-state index in [2.05, 4.69) is 15.3 Å². The second-order valence-corrected chi connectivity index (χ2v) is 6.52. The van der Waals surface area contributed by atoms with Gasteiger partial charge in [0, 0.05) is 0 Å². The van der Waals surface area contributed by atoms with Crippen LogP contribution in [-0.4, -0.2) is 29.1 Å². The van der Waals surface area contributed by atoms with E-state index in [1.54, 1.807) is 7.11 Å². The van der Waals surface area contributed by atoms with Gasteiger partial charge in [-0.05, 0) is 50.6 Å². The first kappa shape index (κ1) is 18.6. The zero-order chi connectivity index (χ0) is 19.4. The van der Waals surface area contributed by atoms with Crippen molar-refractivity contribution in [3.63, 3.8) is 0 Å². The molecule has 0 bridgehead atoms. The molecule has 1 N–H and O–H groups in total. The Morgan fingerprint density at radius 2 is 1.78 bits per heavy atom. The van der Waals surface area contributed by atoms with E-state index in [9.17, 15) is 4.79 Å². The van der Waals surface area contributed by atoms with Gasteiger partial charge < -0.3 is 14.8 Å². The van der Waals surface area contributed by atoms with Crippen molar-refractivity contribution >= 4 is 16.9 Å². The van der Waals surface area contributed by atoms with Gasteiger partial charge in [0.15, 0.2) is 11.5 Å². The molecule has 0 fully saturated rings. The molecule has 3 aromatic rings. The molecule has 1 amide bonds. The molecule has 0 radical (unpaired) electrons. The number of hydrogen-bond acceptors (Lipinski definition) is 5. The lowest BCUT2D eigenvalue weighted by atomic mass is 10.1. The van der Waals surface area contributed by atoms with Crippen molar-refractivity contribution in [2.45, 2.75) is 32.9 Å². The maximum absolute atomic E-state index is 12.6. The minimum absolute atomic E-state index is 0.0494. The van der Waals surface area contributed by atoms with Crippen LogP contribution in [0, 0.1) is 0 Å². The Kier molecular flexibility index (Phi) is 5.54. The molecule has 0 aliphatic heterocycles. The molecule has 1 unspecified atom stereocenters. The van der Waals surface area contributed by atoms with Gasteiger partial charge in [0.1, 0.15) is 5.69 Å². The standard InChI is InChI=1S/C21H23N3O3/c1-13(2)27-19-10-9-15(11-20(19)26-4)14(3)23-21(25)18-12-22-16-7-5-6-8-17(16)24-18/h5-14H,1-4H3,(H,23,25). The average molecular weight is 365 g/mol. The van der Waals surface area contributed by atoms with Crippen molar-refractivity contribution < 1.29 is 14.3 Å². The highest BCUT2D eigenvalue weighted by Gasteiger charge is 2.16. The fourth-order valence-electron chi connectivity index (χ4n) is 2.73. The maximum atomic E-state index is 12.6. The van der Waals surface area contributed by atoms with Crippen LogP contribution in [0.5, 0.6) is 11.5 Å². The van der Waals surface area contributed by atoms with E-state index >= 15 is 0 Å². The molecule has 0 aliphatic rings. The van der Waals surface area contributed by atoms with E-state index in [-0.39, 0.29) is 23.7 Å². The molecule has 0 saturated heterocycles. The van der Waals surface area contributed by atoms with E-state index < -0.39 is 0 Å². The van der Waals surface area contributed by atoms with Crippen molar-refractivity contribution in [1.82, 2.24) is 15.3 Å². The monoisotopic (exact) mass is 365 g/mol. The first-order valence-electron chi connectivity index (χ1n) is 8.85. The number of nitrogens with one attached hydrogen (secondary N) is 1. The van der Waals surface area contributed by atoms with Gasteiger partial charge in [0.2, 0.25) is 0 Å². The molecule has 2 aromatic carbocycles. The number of para-hydroxylation sites is 2. The fraction of sp³-hybridized carbons (Fsp3) is 0.286. The number of methoxy groups -OCH3 is 1. The van der Waals surface area contributed by atoms with Crippen LogP contribution in [0.1, 0.15) is 42.9 Å². The molecule has 27 heavy (non-hydrogen) atoms. The lowest BCUT2D eigenvalue weighted by Gasteiger charge is -2.18. The molecule has 1 heterocycles. The predicted octanol–water partition coefficient (Wildman–Crippen LogP) is 3.92. The Morgan fingerprint density at radius 1 is 1.04 bits per heavy atom. The molecular formula is C21H23N3O3. The Bertz CT molecular complexity index is 956. The number of carbonyl (C=O) groups is 1. The minimum atomic E-state index is -0.276. The first-order chi connectivity index (χ1) is 13.0. The van der Waals surface area contributed by atoms with Gasteiger partial charge in [0.05, 0.1) is 36.5 Å². The Labute approximate surface area is 158 Å². The van der Waals surface area contributed by atoms with Crippen LogP contribution < -0.4 is 14.8 Å². The van der Waals surface area contributed by atoms with E-state index in [4.69, 9.17) is 9.47 Å². The number of fused-ring (bicyclic) bond motifs is 1. The number of hydrogen-bond donors (Lipinski definition) is 1. The van der Waals surface area contributed by atoms with Crippen molar-refractivity contribution in [1.29, 1.82) is 0 Å². The van der Waals surface area contributed by atoms with Gasteiger partial charge in [-0.1, -0.05) is 18.2 Å². The van der Waals surface area contributed by atoms with Gasteiger partial charge in [-0.15, -0.1) is 0 Å².